The number of fused-ring (bicyclic) bond motifs is 1. The van der Waals surface area contributed by atoms with Gasteiger partial charge in [0.05, 0.1) is 13.6 Å². The van der Waals surface area contributed by atoms with Crippen molar-refractivity contribution in [3.8, 4) is 0 Å². The van der Waals surface area contributed by atoms with Crippen molar-refractivity contribution in [3.05, 3.63) is 63.1 Å². The average molecular weight is 284 g/mol. The van der Waals surface area contributed by atoms with Gasteiger partial charge in [0, 0.05) is 14.1 Å². The molecular weight excluding hydrogens is 268 g/mol. The maximum absolute atomic E-state index is 12.4. The van der Waals surface area contributed by atoms with Crippen molar-refractivity contribution in [3.63, 3.8) is 0 Å². The number of aryl methyl sites for hydroxylation is 2. The van der Waals surface area contributed by atoms with Gasteiger partial charge in [-0.1, -0.05) is 30.3 Å². The molecule has 0 bridgehead atoms. The highest BCUT2D eigenvalue weighted by atomic mass is 16.2. The van der Waals surface area contributed by atoms with E-state index in [0.29, 0.717) is 17.7 Å². The van der Waals surface area contributed by atoms with E-state index in [-0.39, 0.29) is 11.2 Å². The quantitative estimate of drug-likeness (QED) is 0.480. The fourth-order valence-corrected chi connectivity index (χ4v) is 2.59. The third-order valence-corrected chi connectivity index (χ3v) is 3.65. The first-order valence-corrected chi connectivity index (χ1v) is 6.62. The van der Waals surface area contributed by atoms with Gasteiger partial charge in [0.2, 0.25) is 11.9 Å². The molecule has 1 aromatic carbocycles. The van der Waals surface area contributed by atoms with Crippen LogP contribution in [0.5, 0.6) is 0 Å². The monoisotopic (exact) mass is 284 g/mol. The Labute approximate surface area is 121 Å². The van der Waals surface area contributed by atoms with E-state index in [1.54, 1.807) is 23.2 Å². The van der Waals surface area contributed by atoms with Crippen LogP contribution in [-0.2, 0) is 27.7 Å². The summed E-state index contributed by atoms with van der Waals surface area (Å²) in [4.78, 5) is 24.4. The first-order chi connectivity index (χ1) is 10.0. The van der Waals surface area contributed by atoms with Gasteiger partial charge >= 0.3 is 5.69 Å². The van der Waals surface area contributed by atoms with Gasteiger partial charge < -0.3 is 13.7 Å². The molecule has 21 heavy (non-hydrogen) atoms. The van der Waals surface area contributed by atoms with E-state index < -0.39 is 0 Å². The lowest BCUT2D eigenvalue weighted by molar-refractivity contribution is -0.668. The van der Waals surface area contributed by atoms with E-state index in [1.807, 2.05) is 30.3 Å². The van der Waals surface area contributed by atoms with Gasteiger partial charge in [-0.15, -0.1) is 0 Å². The molecule has 0 saturated heterocycles. The largest absolute Gasteiger partial charge is 0.334 e. The number of hydrogen-bond acceptors (Lipinski definition) is 2. The standard InChI is InChI=1S/C15H16N4O2/c1-16-10-19(9-11-7-5-4-6-8-11)12-13(16)17(2)15(21)18(3)14(12)20/h4-8H,9H2,1-3H3. The summed E-state index contributed by atoms with van der Waals surface area (Å²) in [5.74, 6) is 0. The minimum Gasteiger partial charge on any atom is -0.334 e. The third-order valence-electron chi connectivity index (χ3n) is 3.65. The minimum absolute atomic E-state index is 0.305. The molecule has 108 valence electrons. The van der Waals surface area contributed by atoms with Crippen LogP contribution < -0.4 is 15.8 Å². The minimum atomic E-state index is -0.339. The van der Waals surface area contributed by atoms with Crippen LogP contribution >= 0.6 is 0 Å². The van der Waals surface area contributed by atoms with Crippen molar-refractivity contribution in [1.82, 2.24) is 13.7 Å². The second-order valence-electron chi connectivity index (χ2n) is 5.11. The number of nitrogens with zero attached hydrogens (tertiary/aromatic N) is 4. The van der Waals surface area contributed by atoms with E-state index in [2.05, 4.69) is 6.33 Å². The number of benzene rings is 1. The summed E-state index contributed by atoms with van der Waals surface area (Å²) >= 11 is 0. The number of imidazole rings is 1. The van der Waals surface area contributed by atoms with Crippen LogP contribution in [0.15, 0.2) is 39.9 Å². The highest BCUT2D eigenvalue weighted by molar-refractivity contribution is 5.65. The van der Waals surface area contributed by atoms with Crippen molar-refractivity contribution in [2.45, 2.75) is 6.54 Å². The second kappa shape index (κ2) is 4.73. The third kappa shape index (κ3) is 1.99. The molecule has 0 fully saturated rings. The molecule has 0 radical (unpaired) electrons. The number of aromatic nitrogens is 4. The normalized spacial score (nSPS) is 11.2. The summed E-state index contributed by atoms with van der Waals surface area (Å²) in [5, 5.41) is 0. The van der Waals surface area contributed by atoms with E-state index >= 15 is 0 Å². The highest BCUT2D eigenvalue weighted by Gasteiger charge is 2.13. The Morgan fingerprint density at radius 3 is 2.38 bits per heavy atom. The first-order valence-electron chi connectivity index (χ1n) is 6.62. The molecule has 3 aromatic rings. The molecule has 0 spiro atoms. The van der Waals surface area contributed by atoms with Crippen molar-refractivity contribution in [1.29, 1.82) is 0 Å². The van der Waals surface area contributed by atoms with E-state index in [1.165, 1.54) is 11.6 Å². The van der Waals surface area contributed by atoms with Crippen LogP contribution in [0, 0.1) is 6.33 Å². The predicted molar refractivity (Wildman–Crippen MR) is 78.0 cm³/mol. The fourth-order valence-electron chi connectivity index (χ4n) is 2.59. The van der Waals surface area contributed by atoms with Crippen LogP contribution in [0.4, 0.5) is 0 Å². The molecule has 0 atom stereocenters. The molecule has 0 N–H and O–H groups in total. The Hall–Kier alpha value is -2.63. The van der Waals surface area contributed by atoms with Crippen molar-refractivity contribution < 1.29 is 4.57 Å². The summed E-state index contributed by atoms with van der Waals surface area (Å²) in [6, 6.07) is 9.84. The van der Waals surface area contributed by atoms with Crippen LogP contribution in [-0.4, -0.2) is 13.7 Å². The first kappa shape index (κ1) is 13.4. The van der Waals surface area contributed by atoms with Gasteiger partial charge in [0.25, 0.3) is 0 Å². The molecule has 6 heteroatoms. The lowest BCUT2D eigenvalue weighted by atomic mass is 10.2. The summed E-state index contributed by atoms with van der Waals surface area (Å²) in [5.41, 5.74) is 1.47. The Morgan fingerprint density at radius 1 is 1.05 bits per heavy atom. The zero-order chi connectivity index (χ0) is 15.1. The molecule has 0 aliphatic carbocycles. The number of rotatable bonds is 2. The second-order valence-corrected chi connectivity index (χ2v) is 5.11. The van der Waals surface area contributed by atoms with Gasteiger partial charge in [-0.05, 0) is 5.56 Å². The van der Waals surface area contributed by atoms with Crippen molar-refractivity contribution in [2.24, 2.45) is 21.1 Å². The zero-order valence-electron chi connectivity index (χ0n) is 12.2. The maximum atomic E-state index is 12.4. The molecule has 0 amide bonds. The number of hydrogen-bond donors (Lipinski definition) is 0. The molecule has 0 unspecified atom stereocenters. The topological polar surface area (TPSA) is 52.8 Å². The fraction of sp³-hybridized carbons (Fsp3) is 0.267. The molecule has 0 saturated carbocycles. The molecular formula is C15H16N4O2. The zero-order valence-corrected chi connectivity index (χ0v) is 12.2. The SMILES string of the molecule is Cn1c(=O)c2c(n(C)[c-][n+]2Cc2ccccc2)n(C)c1=O. The highest BCUT2D eigenvalue weighted by Crippen LogP contribution is 2.04. The van der Waals surface area contributed by atoms with Crippen LogP contribution in [0.25, 0.3) is 11.2 Å². The Bertz CT molecular complexity index is 932. The van der Waals surface area contributed by atoms with Crippen LogP contribution in [0.1, 0.15) is 5.56 Å². The summed E-state index contributed by atoms with van der Waals surface area (Å²) in [6.45, 7) is 0.533. The lowest BCUT2D eigenvalue weighted by Crippen LogP contribution is -2.43. The van der Waals surface area contributed by atoms with E-state index in [0.717, 1.165) is 10.1 Å². The van der Waals surface area contributed by atoms with Gasteiger partial charge in [-0.25, -0.2) is 4.79 Å². The average Bonchev–Trinajstić information content (AvgIpc) is 2.80. The Morgan fingerprint density at radius 2 is 1.71 bits per heavy atom. The van der Waals surface area contributed by atoms with Crippen LogP contribution in [0.3, 0.4) is 0 Å². The molecule has 3 rings (SSSR count). The molecule has 2 aromatic heterocycles. The Balaban J connectivity index is 2.31. The van der Waals surface area contributed by atoms with Gasteiger partial charge in [0.15, 0.2) is 0 Å². The smallest absolute Gasteiger partial charge is 0.321 e. The summed E-state index contributed by atoms with van der Waals surface area (Å²) in [7, 11) is 4.93. The molecule has 2 heterocycles. The van der Waals surface area contributed by atoms with E-state index in [4.69, 9.17) is 0 Å². The summed E-state index contributed by atoms with van der Waals surface area (Å²) in [6.07, 6.45) is 3.10. The maximum Gasteiger partial charge on any atom is 0.321 e. The van der Waals surface area contributed by atoms with Gasteiger partial charge in [-0.3, -0.25) is 9.36 Å². The molecule has 0 aliphatic rings. The molecule has 6 nitrogen and oxygen atoms in total. The van der Waals surface area contributed by atoms with Gasteiger partial charge in [-0.2, -0.15) is 0 Å². The van der Waals surface area contributed by atoms with Gasteiger partial charge in [0.1, 0.15) is 11.2 Å². The van der Waals surface area contributed by atoms with E-state index in [9.17, 15) is 9.59 Å². The predicted octanol–water partition coefficient (Wildman–Crippen LogP) is -0.288. The lowest BCUT2D eigenvalue weighted by Gasteiger charge is -2.09. The summed E-state index contributed by atoms with van der Waals surface area (Å²) < 4.78 is 6.03. The Kier molecular flexibility index (Phi) is 3.01. The van der Waals surface area contributed by atoms with Crippen LogP contribution in [0.2, 0.25) is 0 Å². The van der Waals surface area contributed by atoms with Crippen molar-refractivity contribution in [2.75, 3.05) is 0 Å². The van der Waals surface area contributed by atoms with Crippen molar-refractivity contribution >= 4 is 11.2 Å². The molecule has 0 aliphatic heterocycles.